The molecule has 1 aliphatic heterocycles. The van der Waals surface area contributed by atoms with E-state index in [-0.39, 0.29) is 11.1 Å². The van der Waals surface area contributed by atoms with Crippen molar-refractivity contribution < 1.29 is 45.7 Å². The van der Waals surface area contributed by atoms with Gasteiger partial charge in [0.15, 0.2) is 32.1 Å². The van der Waals surface area contributed by atoms with E-state index in [4.69, 9.17) is 14.2 Å². The number of aliphatic hydroxyl groups excluding tert-OH is 1. The van der Waals surface area contributed by atoms with Gasteiger partial charge in [-0.3, -0.25) is 0 Å². The van der Waals surface area contributed by atoms with E-state index >= 15 is 0 Å². The largest absolute Gasteiger partial charge is 0.459 e. The fourth-order valence-corrected chi connectivity index (χ4v) is 7.63. The molecule has 0 radical (unpaired) electrons. The summed E-state index contributed by atoms with van der Waals surface area (Å²) in [5, 5.41) is 6.87. The second-order valence-corrected chi connectivity index (χ2v) is 12.3. The van der Waals surface area contributed by atoms with E-state index in [0.29, 0.717) is 0 Å². The average molecular weight is 513 g/mol. The minimum atomic E-state index is -4.23. The van der Waals surface area contributed by atoms with Gasteiger partial charge in [0.25, 0.3) is 0 Å². The number of ether oxygens (including phenoxy) is 3. The molecular formula is C22H24O10S2. The summed E-state index contributed by atoms with van der Waals surface area (Å²) in [5.41, 5.74) is 0.251. The molecule has 0 aliphatic carbocycles. The molecule has 12 heteroatoms. The van der Waals surface area contributed by atoms with Crippen LogP contribution in [0, 0.1) is 0 Å². The topological polar surface area (TPSA) is 150 Å². The van der Waals surface area contributed by atoms with Crippen LogP contribution in [-0.4, -0.2) is 82.0 Å². The molecule has 1 heterocycles. The van der Waals surface area contributed by atoms with Crippen molar-refractivity contribution in [1.29, 1.82) is 0 Å². The standard InChI is InChI=1S/C22H24O10S2/c1-33(26,27)18-16(13-30-20(23)14-9-5-3-6-10-14)31-22(25)17(19(18)34(2,28)29)32-21(24)15-11-7-4-8-12-15/h3-12,16-19,22,25H,13H2,1-2H3/t16-,17-,18+,19-,22+/m1/s1. The second-order valence-electron chi connectivity index (χ2n) is 7.85. The normalized spacial score (nSPS) is 25.3. The van der Waals surface area contributed by atoms with Gasteiger partial charge in [0, 0.05) is 12.5 Å². The van der Waals surface area contributed by atoms with Crippen molar-refractivity contribution in [3.8, 4) is 0 Å². The molecule has 1 aliphatic rings. The van der Waals surface area contributed by atoms with Gasteiger partial charge in [0.2, 0.25) is 0 Å². The van der Waals surface area contributed by atoms with E-state index in [2.05, 4.69) is 0 Å². The van der Waals surface area contributed by atoms with Crippen molar-refractivity contribution in [3.05, 3.63) is 71.8 Å². The predicted molar refractivity (Wildman–Crippen MR) is 121 cm³/mol. The summed E-state index contributed by atoms with van der Waals surface area (Å²) in [6.07, 6.45) is -3.82. The molecule has 2 aromatic carbocycles. The summed E-state index contributed by atoms with van der Waals surface area (Å²) in [6.45, 7) is -0.659. The fourth-order valence-electron chi connectivity index (χ4n) is 3.74. The Morgan fingerprint density at radius 2 is 1.29 bits per heavy atom. The van der Waals surface area contributed by atoms with Gasteiger partial charge >= 0.3 is 11.9 Å². The van der Waals surface area contributed by atoms with Crippen LogP contribution in [0.5, 0.6) is 0 Å². The Morgan fingerprint density at radius 3 is 1.76 bits per heavy atom. The molecule has 34 heavy (non-hydrogen) atoms. The lowest BCUT2D eigenvalue weighted by molar-refractivity contribution is -0.217. The molecule has 0 unspecified atom stereocenters. The van der Waals surface area contributed by atoms with Crippen LogP contribution in [0.25, 0.3) is 0 Å². The van der Waals surface area contributed by atoms with Crippen molar-refractivity contribution >= 4 is 31.6 Å². The third-order valence-corrected chi connectivity index (χ3v) is 8.55. The van der Waals surface area contributed by atoms with Gasteiger partial charge in [-0.2, -0.15) is 0 Å². The molecule has 0 saturated carbocycles. The Bertz CT molecular complexity index is 1230. The monoisotopic (exact) mass is 512 g/mol. The number of aliphatic hydroxyl groups is 1. The fraction of sp³-hybridized carbons (Fsp3) is 0.364. The van der Waals surface area contributed by atoms with Gasteiger partial charge in [-0.05, 0) is 24.3 Å². The first-order valence-electron chi connectivity index (χ1n) is 10.1. The second kappa shape index (κ2) is 10.2. The minimum Gasteiger partial charge on any atom is -0.459 e. The first-order valence-corrected chi connectivity index (χ1v) is 14.0. The molecule has 0 spiro atoms. The van der Waals surface area contributed by atoms with Crippen LogP contribution in [-0.2, 0) is 33.9 Å². The van der Waals surface area contributed by atoms with E-state index in [1.165, 1.54) is 24.3 Å². The lowest BCUT2D eigenvalue weighted by Crippen LogP contribution is -2.64. The summed E-state index contributed by atoms with van der Waals surface area (Å²) >= 11 is 0. The number of hydrogen-bond donors (Lipinski definition) is 1. The third-order valence-electron chi connectivity index (χ3n) is 5.24. The molecule has 5 atom stereocenters. The molecule has 1 fully saturated rings. The van der Waals surface area contributed by atoms with E-state index in [1.807, 2.05) is 0 Å². The van der Waals surface area contributed by atoms with Crippen LogP contribution in [0.15, 0.2) is 60.7 Å². The van der Waals surface area contributed by atoms with Crippen molar-refractivity contribution in [2.75, 3.05) is 19.1 Å². The van der Waals surface area contributed by atoms with Crippen LogP contribution in [0.1, 0.15) is 20.7 Å². The van der Waals surface area contributed by atoms with Gasteiger partial charge < -0.3 is 19.3 Å². The number of rotatable bonds is 7. The summed E-state index contributed by atoms with van der Waals surface area (Å²) in [5.74, 6) is -1.76. The van der Waals surface area contributed by atoms with E-state index < -0.39 is 67.2 Å². The highest BCUT2D eigenvalue weighted by molar-refractivity contribution is 7.95. The Balaban J connectivity index is 1.91. The van der Waals surface area contributed by atoms with E-state index in [9.17, 15) is 31.5 Å². The Hall–Kier alpha value is -2.80. The lowest BCUT2D eigenvalue weighted by atomic mass is 10.0. The lowest BCUT2D eigenvalue weighted by Gasteiger charge is -2.42. The van der Waals surface area contributed by atoms with Gasteiger partial charge in [0.1, 0.15) is 23.2 Å². The van der Waals surface area contributed by atoms with Crippen LogP contribution < -0.4 is 0 Å². The maximum absolute atomic E-state index is 12.7. The molecule has 0 amide bonds. The zero-order chi connectivity index (χ0) is 25.1. The summed E-state index contributed by atoms with van der Waals surface area (Å²) in [4.78, 5) is 24.8. The van der Waals surface area contributed by atoms with Gasteiger partial charge in [-0.25, -0.2) is 26.4 Å². The Kier molecular flexibility index (Phi) is 7.76. The number of sulfone groups is 2. The highest BCUT2D eigenvalue weighted by atomic mass is 32.2. The minimum absolute atomic E-state index is 0.0665. The van der Waals surface area contributed by atoms with Gasteiger partial charge in [-0.15, -0.1) is 0 Å². The molecule has 1 saturated heterocycles. The molecule has 10 nitrogen and oxygen atoms in total. The number of esters is 2. The van der Waals surface area contributed by atoms with Crippen LogP contribution in [0.4, 0.5) is 0 Å². The highest BCUT2D eigenvalue weighted by Gasteiger charge is 2.56. The van der Waals surface area contributed by atoms with Crippen molar-refractivity contribution in [3.63, 3.8) is 0 Å². The Labute approximate surface area is 197 Å². The molecule has 0 bridgehead atoms. The maximum atomic E-state index is 12.7. The molecule has 184 valence electrons. The van der Waals surface area contributed by atoms with Crippen molar-refractivity contribution in [2.24, 2.45) is 0 Å². The van der Waals surface area contributed by atoms with E-state index in [0.717, 1.165) is 12.5 Å². The van der Waals surface area contributed by atoms with E-state index in [1.54, 1.807) is 36.4 Å². The summed E-state index contributed by atoms with van der Waals surface area (Å²) in [6, 6.07) is 15.4. The summed E-state index contributed by atoms with van der Waals surface area (Å²) in [7, 11) is -8.40. The quantitative estimate of drug-likeness (QED) is 0.523. The first kappa shape index (κ1) is 25.8. The maximum Gasteiger partial charge on any atom is 0.338 e. The molecule has 3 rings (SSSR count). The smallest absolute Gasteiger partial charge is 0.338 e. The van der Waals surface area contributed by atoms with Crippen molar-refractivity contribution in [2.45, 2.75) is 29.0 Å². The first-order chi connectivity index (χ1) is 15.9. The SMILES string of the molecule is CS(=O)(=O)[C@@H]1[C@@H](OC(=O)c2ccccc2)[C@@H](O)O[C@H](COC(=O)c2ccccc2)[C@@H]1S(C)(=O)=O. The zero-order valence-electron chi connectivity index (χ0n) is 18.3. The summed E-state index contributed by atoms with van der Waals surface area (Å²) < 4.78 is 66.4. The molecule has 2 aromatic rings. The van der Waals surface area contributed by atoms with Crippen LogP contribution in [0.2, 0.25) is 0 Å². The van der Waals surface area contributed by atoms with Crippen LogP contribution >= 0.6 is 0 Å². The zero-order valence-corrected chi connectivity index (χ0v) is 19.9. The predicted octanol–water partition coefficient (Wildman–Crippen LogP) is 0.613. The van der Waals surface area contributed by atoms with Gasteiger partial charge in [-0.1, -0.05) is 36.4 Å². The van der Waals surface area contributed by atoms with Gasteiger partial charge in [0.05, 0.1) is 11.1 Å². The molecule has 0 aromatic heterocycles. The van der Waals surface area contributed by atoms with Crippen LogP contribution in [0.3, 0.4) is 0 Å². The number of carbonyl (C=O) groups excluding carboxylic acids is 2. The average Bonchev–Trinajstić information content (AvgIpc) is 2.78. The van der Waals surface area contributed by atoms with Crippen molar-refractivity contribution in [1.82, 2.24) is 0 Å². The number of carbonyl (C=O) groups is 2. The molecule has 1 N–H and O–H groups in total. The Morgan fingerprint density at radius 1 is 0.824 bits per heavy atom. The number of hydrogen-bond acceptors (Lipinski definition) is 10. The third kappa shape index (κ3) is 6.00. The highest BCUT2D eigenvalue weighted by Crippen LogP contribution is 2.32. The number of benzene rings is 2. The molecular weight excluding hydrogens is 488 g/mol.